The van der Waals surface area contributed by atoms with Crippen LogP contribution in [0.1, 0.15) is 16.7 Å². The van der Waals surface area contributed by atoms with Gasteiger partial charge in [-0.05, 0) is 61.4 Å². The number of para-hydroxylation sites is 1. The molecule has 29 heavy (non-hydrogen) atoms. The Labute approximate surface area is 168 Å². The summed E-state index contributed by atoms with van der Waals surface area (Å²) >= 11 is 0. The summed E-state index contributed by atoms with van der Waals surface area (Å²) in [5.41, 5.74) is 2.80. The number of carbonyl (C=O) groups is 2. The van der Waals surface area contributed by atoms with Crippen LogP contribution in [0.15, 0.2) is 78.6 Å². The number of hydrogen-bond donors (Lipinski definition) is 1. The molecule has 0 radical (unpaired) electrons. The topological polar surface area (TPSA) is 66.8 Å². The van der Waals surface area contributed by atoms with Crippen molar-refractivity contribution in [3.8, 4) is 11.5 Å². The first-order chi connectivity index (χ1) is 14.0. The van der Waals surface area contributed by atoms with Crippen molar-refractivity contribution < 1.29 is 19.4 Å². The van der Waals surface area contributed by atoms with E-state index in [0.29, 0.717) is 22.7 Å². The Hall–Kier alpha value is -3.86. The van der Waals surface area contributed by atoms with E-state index in [1.807, 2.05) is 56.3 Å². The van der Waals surface area contributed by atoms with Crippen molar-refractivity contribution in [2.75, 3.05) is 4.90 Å². The monoisotopic (exact) mass is 385 g/mol. The van der Waals surface area contributed by atoms with Crippen molar-refractivity contribution in [2.24, 2.45) is 0 Å². The average molecular weight is 385 g/mol. The number of imide groups is 1. The number of hydrogen-bond acceptors (Lipinski definition) is 4. The summed E-state index contributed by atoms with van der Waals surface area (Å²) in [6, 6.07) is 21.4. The summed E-state index contributed by atoms with van der Waals surface area (Å²) < 4.78 is 5.74. The van der Waals surface area contributed by atoms with Crippen LogP contribution in [0.25, 0.3) is 5.57 Å². The van der Waals surface area contributed by atoms with Crippen LogP contribution in [0.4, 0.5) is 5.69 Å². The van der Waals surface area contributed by atoms with Crippen LogP contribution < -0.4 is 9.64 Å². The number of ether oxygens (including phenoxy) is 1. The lowest BCUT2D eigenvalue weighted by molar-refractivity contribution is -0.121. The van der Waals surface area contributed by atoms with Crippen LogP contribution in [0, 0.1) is 13.8 Å². The molecular formula is C24H19NO4. The maximum absolute atomic E-state index is 13.0. The molecule has 1 heterocycles. The third-order valence-corrected chi connectivity index (χ3v) is 4.78. The van der Waals surface area contributed by atoms with E-state index in [2.05, 4.69) is 0 Å². The zero-order chi connectivity index (χ0) is 20.5. The summed E-state index contributed by atoms with van der Waals surface area (Å²) in [7, 11) is 0. The fourth-order valence-corrected chi connectivity index (χ4v) is 3.38. The van der Waals surface area contributed by atoms with Crippen molar-refractivity contribution >= 4 is 23.1 Å². The number of carbonyl (C=O) groups excluding carboxylic acids is 2. The molecule has 2 amide bonds. The minimum absolute atomic E-state index is 0.0251. The molecule has 0 fully saturated rings. The Balaban J connectivity index is 1.62. The average Bonchev–Trinajstić information content (AvgIpc) is 2.93. The minimum atomic E-state index is -0.735. The molecule has 0 bridgehead atoms. The van der Waals surface area contributed by atoms with E-state index >= 15 is 0 Å². The largest absolute Gasteiger partial charge is 0.502 e. The van der Waals surface area contributed by atoms with E-state index in [1.165, 1.54) is 0 Å². The van der Waals surface area contributed by atoms with E-state index in [0.717, 1.165) is 16.0 Å². The molecule has 1 N–H and O–H groups in total. The molecule has 0 spiro atoms. The number of aryl methyl sites for hydroxylation is 2. The number of aliphatic hydroxyl groups excluding tert-OH is 1. The second-order valence-electron chi connectivity index (χ2n) is 6.90. The van der Waals surface area contributed by atoms with Gasteiger partial charge in [0, 0.05) is 0 Å². The molecule has 144 valence electrons. The van der Waals surface area contributed by atoms with Gasteiger partial charge in [0.2, 0.25) is 0 Å². The predicted octanol–water partition coefficient (Wildman–Crippen LogP) is 4.94. The molecule has 4 rings (SSSR count). The number of anilines is 1. The predicted molar refractivity (Wildman–Crippen MR) is 111 cm³/mol. The number of aliphatic hydroxyl groups is 1. The second kappa shape index (κ2) is 7.28. The first-order valence-corrected chi connectivity index (χ1v) is 9.18. The van der Waals surface area contributed by atoms with Crippen LogP contribution in [-0.4, -0.2) is 16.9 Å². The van der Waals surface area contributed by atoms with Gasteiger partial charge in [-0.15, -0.1) is 0 Å². The van der Waals surface area contributed by atoms with Crippen LogP contribution in [0.2, 0.25) is 0 Å². The molecular weight excluding hydrogens is 366 g/mol. The van der Waals surface area contributed by atoms with Gasteiger partial charge in [0.05, 0.1) is 11.3 Å². The van der Waals surface area contributed by atoms with E-state index in [4.69, 9.17) is 4.74 Å². The van der Waals surface area contributed by atoms with Gasteiger partial charge >= 0.3 is 5.91 Å². The van der Waals surface area contributed by atoms with Crippen molar-refractivity contribution in [3.63, 3.8) is 0 Å². The number of rotatable bonds is 4. The quantitative estimate of drug-likeness (QED) is 0.646. The highest BCUT2D eigenvalue weighted by atomic mass is 16.5. The highest BCUT2D eigenvalue weighted by molar-refractivity contribution is 6.45. The molecule has 0 saturated heterocycles. The highest BCUT2D eigenvalue weighted by Gasteiger charge is 2.40. The molecule has 3 aromatic carbocycles. The van der Waals surface area contributed by atoms with Gasteiger partial charge in [0.25, 0.3) is 5.91 Å². The minimum Gasteiger partial charge on any atom is -0.502 e. The van der Waals surface area contributed by atoms with Crippen molar-refractivity contribution in [1.29, 1.82) is 0 Å². The van der Waals surface area contributed by atoms with E-state index in [9.17, 15) is 14.7 Å². The van der Waals surface area contributed by atoms with Crippen molar-refractivity contribution in [1.82, 2.24) is 0 Å². The molecule has 3 aromatic rings. The Morgan fingerprint density at radius 3 is 2.10 bits per heavy atom. The second-order valence-corrected chi connectivity index (χ2v) is 6.90. The highest BCUT2D eigenvalue weighted by Crippen LogP contribution is 2.34. The molecule has 5 nitrogen and oxygen atoms in total. The molecule has 1 aliphatic rings. The van der Waals surface area contributed by atoms with Gasteiger partial charge in [0.15, 0.2) is 5.76 Å². The number of benzene rings is 3. The molecule has 0 unspecified atom stereocenters. The van der Waals surface area contributed by atoms with Crippen molar-refractivity contribution in [2.45, 2.75) is 13.8 Å². The number of nitrogens with zero attached hydrogens (tertiary/aromatic N) is 1. The fourth-order valence-electron chi connectivity index (χ4n) is 3.38. The molecule has 0 atom stereocenters. The van der Waals surface area contributed by atoms with Crippen LogP contribution >= 0.6 is 0 Å². The summed E-state index contributed by atoms with van der Waals surface area (Å²) in [4.78, 5) is 26.6. The molecule has 0 saturated carbocycles. The van der Waals surface area contributed by atoms with Crippen LogP contribution in [0.3, 0.4) is 0 Å². The van der Waals surface area contributed by atoms with Gasteiger partial charge in [-0.3, -0.25) is 9.59 Å². The van der Waals surface area contributed by atoms with Crippen LogP contribution in [0.5, 0.6) is 11.5 Å². The van der Waals surface area contributed by atoms with Gasteiger partial charge in [0.1, 0.15) is 11.5 Å². The van der Waals surface area contributed by atoms with Crippen LogP contribution in [-0.2, 0) is 9.59 Å². The lowest BCUT2D eigenvalue weighted by Gasteiger charge is -2.15. The Bertz CT molecular complexity index is 1130. The maximum Gasteiger partial charge on any atom is 0.301 e. The Morgan fingerprint density at radius 2 is 1.45 bits per heavy atom. The maximum atomic E-state index is 13.0. The lowest BCUT2D eigenvalue weighted by Crippen LogP contribution is -2.31. The van der Waals surface area contributed by atoms with Gasteiger partial charge < -0.3 is 9.84 Å². The van der Waals surface area contributed by atoms with E-state index in [1.54, 1.807) is 30.3 Å². The zero-order valence-electron chi connectivity index (χ0n) is 16.0. The number of amides is 2. The first kappa shape index (κ1) is 18.5. The Morgan fingerprint density at radius 1 is 0.793 bits per heavy atom. The SMILES string of the molecule is Cc1ccc(C2=C(O)C(=O)N(c3ccc(Oc4ccccc4)cc3)C2=O)c(C)c1. The fraction of sp³-hybridized carbons (Fsp3) is 0.0833. The lowest BCUT2D eigenvalue weighted by atomic mass is 9.98. The summed E-state index contributed by atoms with van der Waals surface area (Å²) in [5, 5.41) is 10.4. The summed E-state index contributed by atoms with van der Waals surface area (Å²) in [6.07, 6.45) is 0. The standard InChI is InChI=1S/C24H19NO4/c1-15-8-13-20(16(2)14-15)21-22(26)24(28)25(23(21)27)17-9-11-19(12-10-17)29-18-6-4-3-5-7-18/h3-14,26H,1-2H3. The van der Waals surface area contributed by atoms with Gasteiger partial charge in [-0.25, -0.2) is 4.90 Å². The van der Waals surface area contributed by atoms with Crippen molar-refractivity contribution in [3.05, 3.63) is 95.2 Å². The van der Waals surface area contributed by atoms with E-state index < -0.39 is 17.6 Å². The summed E-state index contributed by atoms with van der Waals surface area (Å²) in [6.45, 7) is 3.79. The van der Waals surface area contributed by atoms with Gasteiger partial charge in [-0.2, -0.15) is 0 Å². The third kappa shape index (κ3) is 3.38. The smallest absolute Gasteiger partial charge is 0.301 e. The van der Waals surface area contributed by atoms with Gasteiger partial charge in [-0.1, -0.05) is 42.0 Å². The Kier molecular flexibility index (Phi) is 4.64. The molecule has 5 heteroatoms. The van der Waals surface area contributed by atoms with E-state index in [-0.39, 0.29) is 5.57 Å². The molecule has 1 aliphatic heterocycles. The summed E-state index contributed by atoms with van der Waals surface area (Å²) in [5.74, 6) is -0.555. The molecule has 0 aromatic heterocycles. The normalized spacial score (nSPS) is 13.9. The third-order valence-electron chi connectivity index (χ3n) is 4.78. The zero-order valence-corrected chi connectivity index (χ0v) is 16.0. The molecule has 0 aliphatic carbocycles. The first-order valence-electron chi connectivity index (χ1n) is 9.18.